The van der Waals surface area contributed by atoms with Gasteiger partial charge in [-0.3, -0.25) is 0 Å². The van der Waals surface area contributed by atoms with Gasteiger partial charge >= 0.3 is 0 Å². The first-order chi connectivity index (χ1) is 6.29. The van der Waals surface area contributed by atoms with E-state index >= 15 is 0 Å². The minimum atomic E-state index is 0.256. The average Bonchev–Trinajstić information content (AvgIpc) is 2.51. The van der Waals surface area contributed by atoms with Crippen LogP contribution in [0.3, 0.4) is 0 Å². The third kappa shape index (κ3) is 3.19. The zero-order valence-electron chi connectivity index (χ0n) is 9.01. The molecule has 0 aromatic rings. The van der Waals surface area contributed by atoms with Gasteiger partial charge in [0.1, 0.15) is 0 Å². The number of nitrogens with two attached hydrogens (primary N) is 1. The Balaban J connectivity index is 0.000000671. The lowest BCUT2D eigenvalue weighted by atomic mass is 10.1. The molecule has 2 N–H and O–H groups in total. The summed E-state index contributed by atoms with van der Waals surface area (Å²) < 4.78 is 0. The number of hydrogen-bond acceptors (Lipinski definition) is 1. The molecule has 1 aliphatic carbocycles. The van der Waals surface area contributed by atoms with Crippen LogP contribution in [0, 0.1) is 0 Å². The van der Waals surface area contributed by atoms with Crippen LogP contribution in [0.1, 0.15) is 33.6 Å². The fourth-order valence-electron chi connectivity index (χ4n) is 1.57. The van der Waals surface area contributed by atoms with Gasteiger partial charge in [0.25, 0.3) is 0 Å². The van der Waals surface area contributed by atoms with Gasteiger partial charge in [0.15, 0.2) is 0 Å². The fraction of sp³-hybridized carbons (Fsp3) is 0.500. The van der Waals surface area contributed by atoms with E-state index in [1.54, 1.807) is 0 Å². The van der Waals surface area contributed by atoms with Crippen LogP contribution in [-0.4, -0.2) is 6.04 Å². The molecule has 1 heteroatoms. The first-order valence-electron chi connectivity index (χ1n) is 5.03. The van der Waals surface area contributed by atoms with Crippen LogP contribution in [0.2, 0.25) is 0 Å². The molecule has 0 radical (unpaired) electrons. The lowest BCUT2D eigenvalue weighted by molar-refractivity contribution is 0.778. The second kappa shape index (κ2) is 6.67. The third-order valence-electron chi connectivity index (χ3n) is 2.12. The Bertz CT molecular complexity index is 211. The molecule has 0 bridgehead atoms. The SMILES string of the molecule is C=C/C=C1/CCC(N)/C1=C/C.CC. The van der Waals surface area contributed by atoms with E-state index in [4.69, 9.17) is 5.73 Å². The van der Waals surface area contributed by atoms with Crippen LogP contribution in [0.4, 0.5) is 0 Å². The molecule has 1 saturated carbocycles. The van der Waals surface area contributed by atoms with Gasteiger partial charge in [-0.1, -0.05) is 38.7 Å². The summed E-state index contributed by atoms with van der Waals surface area (Å²) >= 11 is 0. The van der Waals surface area contributed by atoms with Crippen molar-refractivity contribution in [3.8, 4) is 0 Å². The van der Waals surface area contributed by atoms with Crippen LogP contribution >= 0.6 is 0 Å². The van der Waals surface area contributed by atoms with Crippen LogP contribution in [0.5, 0.6) is 0 Å². The van der Waals surface area contributed by atoms with Crippen molar-refractivity contribution >= 4 is 0 Å². The van der Waals surface area contributed by atoms with Crippen molar-refractivity contribution in [2.75, 3.05) is 0 Å². The largest absolute Gasteiger partial charge is 0.324 e. The molecule has 13 heavy (non-hydrogen) atoms. The molecule has 0 aromatic heterocycles. The summed E-state index contributed by atoms with van der Waals surface area (Å²) in [6, 6.07) is 0.256. The molecule has 0 spiro atoms. The van der Waals surface area contributed by atoms with E-state index in [1.165, 1.54) is 11.1 Å². The van der Waals surface area contributed by atoms with Crippen LogP contribution in [0.25, 0.3) is 0 Å². The van der Waals surface area contributed by atoms with Gasteiger partial charge in [0.2, 0.25) is 0 Å². The second-order valence-electron chi connectivity index (χ2n) is 2.82. The number of hydrogen-bond donors (Lipinski definition) is 1. The summed E-state index contributed by atoms with van der Waals surface area (Å²) in [4.78, 5) is 0. The molecule has 1 atom stereocenters. The minimum Gasteiger partial charge on any atom is -0.324 e. The highest BCUT2D eigenvalue weighted by atomic mass is 14.7. The molecule has 0 saturated heterocycles. The Hall–Kier alpha value is -0.820. The molecule has 0 aromatic carbocycles. The summed E-state index contributed by atoms with van der Waals surface area (Å²) in [5.74, 6) is 0. The summed E-state index contributed by atoms with van der Waals surface area (Å²) in [6.45, 7) is 9.71. The van der Waals surface area contributed by atoms with Crippen molar-refractivity contribution in [2.45, 2.75) is 39.7 Å². The van der Waals surface area contributed by atoms with Crippen molar-refractivity contribution in [1.29, 1.82) is 0 Å². The van der Waals surface area contributed by atoms with E-state index in [9.17, 15) is 0 Å². The van der Waals surface area contributed by atoms with Gasteiger partial charge in [0.05, 0.1) is 0 Å². The van der Waals surface area contributed by atoms with Crippen LogP contribution in [0.15, 0.2) is 36.0 Å². The normalized spacial score (nSPS) is 27.2. The van der Waals surface area contributed by atoms with Crippen molar-refractivity contribution in [3.05, 3.63) is 36.0 Å². The second-order valence-corrected chi connectivity index (χ2v) is 2.82. The summed E-state index contributed by atoms with van der Waals surface area (Å²) in [5.41, 5.74) is 8.52. The van der Waals surface area contributed by atoms with Crippen molar-refractivity contribution in [2.24, 2.45) is 5.73 Å². The standard InChI is InChI=1S/C10H15N.C2H6/c1-3-5-8-6-7-10(11)9(8)4-2;1-2/h3-5,10H,1,6-7,11H2,2H3;1-2H3/b8-5-,9-4+;. The molecule has 0 heterocycles. The van der Waals surface area contributed by atoms with Crippen molar-refractivity contribution < 1.29 is 0 Å². The molecule has 1 unspecified atom stereocenters. The predicted octanol–water partition coefficient (Wildman–Crippen LogP) is 3.19. The maximum atomic E-state index is 5.87. The van der Waals surface area contributed by atoms with Crippen molar-refractivity contribution in [3.63, 3.8) is 0 Å². The Morgan fingerprint density at radius 1 is 1.46 bits per heavy atom. The molecule has 74 valence electrons. The Kier molecular flexibility index (Phi) is 6.25. The molecular formula is C12H21N. The first kappa shape index (κ1) is 12.2. The molecule has 1 fully saturated rings. The van der Waals surface area contributed by atoms with E-state index in [2.05, 4.69) is 18.7 Å². The maximum absolute atomic E-state index is 5.87. The molecule has 0 amide bonds. The Morgan fingerprint density at radius 2 is 2.08 bits per heavy atom. The zero-order valence-corrected chi connectivity index (χ0v) is 9.01. The first-order valence-corrected chi connectivity index (χ1v) is 5.03. The van der Waals surface area contributed by atoms with E-state index < -0.39 is 0 Å². The molecule has 1 rings (SSSR count). The maximum Gasteiger partial charge on any atom is 0.0297 e. The minimum absolute atomic E-state index is 0.256. The smallest absolute Gasteiger partial charge is 0.0297 e. The summed E-state index contributed by atoms with van der Waals surface area (Å²) in [7, 11) is 0. The van der Waals surface area contributed by atoms with Gasteiger partial charge in [0, 0.05) is 6.04 Å². The topological polar surface area (TPSA) is 26.0 Å². The van der Waals surface area contributed by atoms with E-state index in [1.807, 2.05) is 26.8 Å². The average molecular weight is 179 g/mol. The lowest BCUT2D eigenvalue weighted by Crippen LogP contribution is -2.16. The molecule has 0 aliphatic heterocycles. The number of allylic oxidation sites excluding steroid dienone is 3. The van der Waals surface area contributed by atoms with E-state index in [0.717, 1.165) is 12.8 Å². The van der Waals surface area contributed by atoms with Gasteiger partial charge in [-0.2, -0.15) is 0 Å². The van der Waals surface area contributed by atoms with E-state index in [-0.39, 0.29) is 6.04 Å². The third-order valence-corrected chi connectivity index (χ3v) is 2.12. The molecular weight excluding hydrogens is 158 g/mol. The van der Waals surface area contributed by atoms with Crippen molar-refractivity contribution in [1.82, 2.24) is 0 Å². The lowest BCUT2D eigenvalue weighted by Gasteiger charge is -2.03. The predicted molar refractivity (Wildman–Crippen MR) is 60.6 cm³/mol. The summed E-state index contributed by atoms with van der Waals surface area (Å²) in [6.07, 6.45) is 8.18. The highest BCUT2D eigenvalue weighted by Crippen LogP contribution is 2.29. The van der Waals surface area contributed by atoms with Crippen LogP contribution < -0.4 is 5.73 Å². The number of rotatable bonds is 1. The van der Waals surface area contributed by atoms with Gasteiger partial charge in [-0.15, -0.1) is 0 Å². The Labute approximate surface area is 82.0 Å². The van der Waals surface area contributed by atoms with E-state index in [0.29, 0.717) is 0 Å². The van der Waals surface area contributed by atoms with Gasteiger partial charge in [-0.05, 0) is 30.9 Å². The zero-order chi connectivity index (χ0) is 10.3. The monoisotopic (exact) mass is 179 g/mol. The van der Waals surface area contributed by atoms with Gasteiger partial charge in [-0.25, -0.2) is 0 Å². The van der Waals surface area contributed by atoms with Gasteiger partial charge < -0.3 is 5.73 Å². The molecule has 1 nitrogen and oxygen atoms in total. The Morgan fingerprint density at radius 3 is 2.54 bits per heavy atom. The fourth-order valence-corrected chi connectivity index (χ4v) is 1.57. The molecule has 1 aliphatic rings. The van der Waals surface area contributed by atoms with Crippen LogP contribution in [-0.2, 0) is 0 Å². The highest BCUT2D eigenvalue weighted by Gasteiger charge is 2.19. The summed E-state index contributed by atoms with van der Waals surface area (Å²) in [5, 5.41) is 0. The quantitative estimate of drug-likeness (QED) is 0.657. The highest BCUT2D eigenvalue weighted by molar-refractivity contribution is 5.40.